The van der Waals surface area contributed by atoms with Crippen molar-refractivity contribution in [2.75, 3.05) is 13.7 Å². The summed E-state index contributed by atoms with van der Waals surface area (Å²) in [6, 6.07) is 0.221. The standard InChI is InChI=1S/C9H19N3O2/c1-6(2)8-4-7(5-14-8)12(3)9(10)11-13/h6-8,13H,4-5H2,1-3H3,(H2,10,11). The number of likely N-dealkylation sites (N-methyl/N-ethyl adjacent to an activating group) is 1. The highest BCUT2D eigenvalue weighted by Crippen LogP contribution is 2.22. The predicted molar refractivity (Wildman–Crippen MR) is 54.2 cm³/mol. The molecular weight excluding hydrogens is 182 g/mol. The van der Waals surface area contributed by atoms with Gasteiger partial charge in [-0.1, -0.05) is 19.0 Å². The molecule has 2 unspecified atom stereocenters. The zero-order valence-corrected chi connectivity index (χ0v) is 8.97. The molecule has 1 saturated heterocycles. The van der Waals surface area contributed by atoms with E-state index in [-0.39, 0.29) is 18.1 Å². The Kier molecular flexibility index (Phi) is 3.57. The summed E-state index contributed by atoms with van der Waals surface area (Å²) in [6.45, 7) is 4.92. The van der Waals surface area contributed by atoms with E-state index in [0.717, 1.165) is 6.42 Å². The minimum absolute atomic E-state index is 0.142. The molecule has 0 bridgehead atoms. The molecule has 1 fully saturated rings. The second-order valence-corrected chi connectivity index (χ2v) is 4.07. The number of rotatable bonds is 2. The minimum atomic E-state index is 0.142. The van der Waals surface area contributed by atoms with Gasteiger partial charge in [0.05, 0.1) is 18.8 Å². The molecule has 5 heteroatoms. The van der Waals surface area contributed by atoms with Crippen LogP contribution < -0.4 is 5.73 Å². The van der Waals surface area contributed by atoms with Crippen molar-refractivity contribution in [2.24, 2.45) is 16.8 Å². The Morgan fingerprint density at radius 3 is 2.71 bits per heavy atom. The Labute approximate surface area is 84.5 Å². The molecule has 0 aliphatic carbocycles. The lowest BCUT2D eigenvalue weighted by molar-refractivity contribution is 0.0723. The molecule has 0 spiro atoms. The van der Waals surface area contributed by atoms with Gasteiger partial charge in [-0.05, 0) is 12.3 Å². The Bertz CT molecular complexity index is 218. The van der Waals surface area contributed by atoms with Gasteiger partial charge in [-0.2, -0.15) is 0 Å². The molecule has 1 aliphatic rings. The lowest BCUT2D eigenvalue weighted by Gasteiger charge is -2.23. The van der Waals surface area contributed by atoms with E-state index in [9.17, 15) is 0 Å². The Morgan fingerprint density at radius 1 is 1.64 bits per heavy atom. The Morgan fingerprint density at radius 2 is 2.29 bits per heavy atom. The molecule has 0 saturated carbocycles. The van der Waals surface area contributed by atoms with Gasteiger partial charge in [0.25, 0.3) is 0 Å². The van der Waals surface area contributed by atoms with Crippen LogP contribution in [0.25, 0.3) is 0 Å². The highest BCUT2D eigenvalue weighted by Gasteiger charge is 2.31. The van der Waals surface area contributed by atoms with E-state index in [1.54, 1.807) is 4.90 Å². The van der Waals surface area contributed by atoms with Gasteiger partial charge in [0.1, 0.15) is 0 Å². The maximum Gasteiger partial charge on any atom is 0.233 e. The van der Waals surface area contributed by atoms with Gasteiger partial charge in [0.15, 0.2) is 0 Å². The zero-order valence-electron chi connectivity index (χ0n) is 8.97. The first-order chi connectivity index (χ1) is 6.56. The van der Waals surface area contributed by atoms with Crippen LogP contribution in [0.1, 0.15) is 20.3 Å². The number of nitrogens with zero attached hydrogens (tertiary/aromatic N) is 2. The monoisotopic (exact) mass is 201 g/mol. The van der Waals surface area contributed by atoms with E-state index in [0.29, 0.717) is 12.5 Å². The molecule has 82 valence electrons. The molecule has 2 atom stereocenters. The molecule has 0 radical (unpaired) electrons. The summed E-state index contributed by atoms with van der Waals surface area (Å²) in [7, 11) is 1.81. The molecule has 0 aromatic carbocycles. The fourth-order valence-electron chi connectivity index (χ4n) is 1.63. The van der Waals surface area contributed by atoms with Crippen molar-refractivity contribution in [3.63, 3.8) is 0 Å². The summed E-state index contributed by atoms with van der Waals surface area (Å²) in [5, 5.41) is 11.5. The van der Waals surface area contributed by atoms with Crippen LogP contribution in [0.15, 0.2) is 5.16 Å². The maximum absolute atomic E-state index is 8.52. The summed E-state index contributed by atoms with van der Waals surface area (Å²) < 4.78 is 5.61. The fraction of sp³-hybridized carbons (Fsp3) is 0.889. The number of guanidine groups is 1. The molecule has 0 amide bonds. The number of hydrogen-bond acceptors (Lipinski definition) is 3. The van der Waals surface area contributed by atoms with Crippen molar-refractivity contribution in [1.29, 1.82) is 0 Å². The summed E-state index contributed by atoms with van der Waals surface area (Å²) in [6.07, 6.45) is 1.22. The highest BCUT2D eigenvalue weighted by atomic mass is 16.5. The van der Waals surface area contributed by atoms with Crippen LogP contribution in [0.4, 0.5) is 0 Å². The molecule has 5 nitrogen and oxygen atoms in total. The van der Waals surface area contributed by atoms with Crippen LogP contribution in [0.5, 0.6) is 0 Å². The largest absolute Gasteiger partial charge is 0.408 e. The van der Waals surface area contributed by atoms with Crippen molar-refractivity contribution in [3.05, 3.63) is 0 Å². The Balaban J connectivity index is 2.49. The molecule has 3 N–H and O–H groups in total. The minimum Gasteiger partial charge on any atom is -0.408 e. The fourth-order valence-corrected chi connectivity index (χ4v) is 1.63. The first-order valence-electron chi connectivity index (χ1n) is 4.88. The number of hydrogen-bond donors (Lipinski definition) is 2. The predicted octanol–water partition coefficient (Wildman–Crippen LogP) is 0.436. The highest BCUT2D eigenvalue weighted by molar-refractivity contribution is 5.77. The topological polar surface area (TPSA) is 71.1 Å². The molecule has 0 aromatic rings. The normalized spacial score (nSPS) is 28.4. The lowest BCUT2D eigenvalue weighted by Crippen LogP contribution is -2.42. The summed E-state index contributed by atoms with van der Waals surface area (Å²) >= 11 is 0. The summed E-state index contributed by atoms with van der Waals surface area (Å²) in [5.74, 6) is 0.656. The van der Waals surface area contributed by atoms with E-state index in [1.807, 2.05) is 7.05 Å². The third kappa shape index (κ3) is 2.29. The van der Waals surface area contributed by atoms with Crippen LogP contribution >= 0.6 is 0 Å². The van der Waals surface area contributed by atoms with Crippen molar-refractivity contribution in [3.8, 4) is 0 Å². The van der Waals surface area contributed by atoms with Gasteiger partial charge < -0.3 is 20.6 Å². The molecule has 14 heavy (non-hydrogen) atoms. The van der Waals surface area contributed by atoms with Crippen molar-refractivity contribution < 1.29 is 9.94 Å². The summed E-state index contributed by atoms with van der Waals surface area (Å²) in [5.41, 5.74) is 5.49. The van der Waals surface area contributed by atoms with Crippen molar-refractivity contribution >= 4 is 5.96 Å². The first-order valence-corrected chi connectivity index (χ1v) is 4.88. The quantitative estimate of drug-likeness (QED) is 0.294. The number of oxime groups is 1. The van der Waals surface area contributed by atoms with E-state index < -0.39 is 0 Å². The first kappa shape index (κ1) is 11.1. The van der Waals surface area contributed by atoms with E-state index in [1.165, 1.54) is 0 Å². The maximum atomic E-state index is 8.52. The molecule has 1 aliphatic heterocycles. The van der Waals surface area contributed by atoms with E-state index >= 15 is 0 Å². The smallest absolute Gasteiger partial charge is 0.233 e. The van der Waals surface area contributed by atoms with Gasteiger partial charge in [-0.15, -0.1) is 0 Å². The van der Waals surface area contributed by atoms with Crippen LogP contribution in [0.3, 0.4) is 0 Å². The van der Waals surface area contributed by atoms with Crippen molar-refractivity contribution in [1.82, 2.24) is 4.90 Å². The zero-order chi connectivity index (χ0) is 10.7. The summed E-state index contributed by atoms with van der Waals surface area (Å²) in [4.78, 5) is 1.75. The van der Waals surface area contributed by atoms with Crippen molar-refractivity contribution in [2.45, 2.75) is 32.4 Å². The van der Waals surface area contributed by atoms with E-state index in [2.05, 4.69) is 19.0 Å². The average Bonchev–Trinajstić information content (AvgIpc) is 2.64. The number of nitrogens with two attached hydrogens (primary N) is 1. The molecule has 0 aromatic heterocycles. The Hall–Kier alpha value is -0.970. The number of ether oxygens (including phenoxy) is 1. The third-order valence-electron chi connectivity index (χ3n) is 2.76. The van der Waals surface area contributed by atoms with Crippen LogP contribution in [-0.4, -0.2) is 41.9 Å². The second kappa shape index (κ2) is 4.50. The molecule has 1 rings (SSSR count). The van der Waals surface area contributed by atoms with Crippen LogP contribution in [0.2, 0.25) is 0 Å². The third-order valence-corrected chi connectivity index (χ3v) is 2.76. The van der Waals surface area contributed by atoms with E-state index in [4.69, 9.17) is 15.7 Å². The van der Waals surface area contributed by atoms with Gasteiger partial charge >= 0.3 is 0 Å². The van der Waals surface area contributed by atoms with Gasteiger partial charge in [-0.3, -0.25) is 0 Å². The second-order valence-electron chi connectivity index (χ2n) is 4.07. The van der Waals surface area contributed by atoms with Crippen LogP contribution in [-0.2, 0) is 4.74 Å². The average molecular weight is 201 g/mol. The molecular formula is C9H19N3O2. The molecule has 1 heterocycles. The van der Waals surface area contributed by atoms with Gasteiger partial charge in [0.2, 0.25) is 5.96 Å². The SMILES string of the molecule is CC(C)C1CC(N(C)/C(N)=N/O)CO1. The lowest BCUT2D eigenvalue weighted by atomic mass is 10.0. The van der Waals surface area contributed by atoms with Gasteiger partial charge in [-0.25, -0.2) is 0 Å². The van der Waals surface area contributed by atoms with Gasteiger partial charge in [0, 0.05) is 7.05 Å². The van der Waals surface area contributed by atoms with Crippen LogP contribution in [0, 0.1) is 5.92 Å².